The lowest BCUT2D eigenvalue weighted by atomic mass is 10.0. The van der Waals surface area contributed by atoms with E-state index in [9.17, 15) is 19.8 Å². The molecule has 6 heteroatoms. The van der Waals surface area contributed by atoms with Crippen LogP contribution in [-0.2, 0) is 0 Å². The van der Waals surface area contributed by atoms with Crippen molar-refractivity contribution in [3.8, 4) is 0 Å². The monoisotopic (exact) mass is 336 g/mol. The SMILES string of the molecule is CC(C)[C@@H](CO)NC(=O)c1ccccc1C(=O)N[C@H](CO)C(C)C. The van der Waals surface area contributed by atoms with Crippen molar-refractivity contribution in [2.24, 2.45) is 11.8 Å². The molecule has 1 aromatic carbocycles. The third-order valence-electron chi connectivity index (χ3n) is 4.05. The molecule has 0 heterocycles. The molecule has 0 aliphatic carbocycles. The molecule has 0 spiro atoms. The van der Waals surface area contributed by atoms with Crippen LogP contribution in [0.3, 0.4) is 0 Å². The molecule has 0 radical (unpaired) electrons. The summed E-state index contributed by atoms with van der Waals surface area (Å²) in [6.45, 7) is 7.25. The fraction of sp³-hybridized carbons (Fsp3) is 0.556. The van der Waals surface area contributed by atoms with E-state index in [1.54, 1.807) is 24.3 Å². The van der Waals surface area contributed by atoms with Crippen LogP contribution in [-0.4, -0.2) is 47.3 Å². The van der Waals surface area contributed by atoms with Gasteiger partial charge in [-0.05, 0) is 24.0 Å². The van der Waals surface area contributed by atoms with Crippen LogP contribution < -0.4 is 10.6 Å². The zero-order valence-corrected chi connectivity index (χ0v) is 14.7. The Morgan fingerprint density at radius 3 is 1.42 bits per heavy atom. The lowest BCUT2D eigenvalue weighted by molar-refractivity contribution is 0.0863. The van der Waals surface area contributed by atoms with Crippen LogP contribution >= 0.6 is 0 Å². The van der Waals surface area contributed by atoms with E-state index in [4.69, 9.17) is 0 Å². The summed E-state index contributed by atoms with van der Waals surface area (Å²) in [5.74, 6) is -0.670. The Labute approximate surface area is 143 Å². The minimum atomic E-state index is -0.404. The molecule has 0 aliphatic rings. The largest absolute Gasteiger partial charge is 0.394 e. The molecule has 0 saturated heterocycles. The normalized spacial score (nSPS) is 13.7. The number of carbonyl (C=O) groups excluding carboxylic acids is 2. The number of rotatable bonds is 8. The molecule has 1 aromatic rings. The average Bonchev–Trinajstić information content (AvgIpc) is 2.56. The highest BCUT2D eigenvalue weighted by molar-refractivity contribution is 6.07. The van der Waals surface area contributed by atoms with Crippen molar-refractivity contribution in [2.75, 3.05) is 13.2 Å². The standard InChI is InChI=1S/C18H28N2O4/c1-11(2)15(9-21)19-17(23)13-7-5-6-8-14(13)18(24)20-16(10-22)12(3)4/h5-8,11-12,15-16,21-22H,9-10H2,1-4H3,(H,19,23)(H,20,24)/t15-,16-/m1/s1. The van der Waals surface area contributed by atoms with Gasteiger partial charge in [-0.25, -0.2) is 0 Å². The third kappa shape index (κ3) is 5.32. The van der Waals surface area contributed by atoms with Crippen LogP contribution in [0.1, 0.15) is 48.4 Å². The van der Waals surface area contributed by atoms with E-state index in [-0.39, 0.29) is 48.3 Å². The Bertz CT molecular complexity index is 509. The van der Waals surface area contributed by atoms with Gasteiger partial charge < -0.3 is 20.8 Å². The fourth-order valence-electron chi connectivity index (χ4n) is 2.22. The van der Waals surface area contributed by atoms with Gasteiger partial charge in [0, 0.05) is 0 Å². The third-order valence-corrected chi connectivity index (χ3v) is 4.05. The maximum absolute atomic E-state index is 12.5. The van der Waals surface area contributed by atoms with E-state index in [1.807, 2.05) is 27.7 Å². The molecule has 0 aliphatic heterocycles. The van der Waals surface area contributed by atoms with Crippen LogP contribution in [0.5, 0.6) is 0 Å². The van der Waals surface area contributed by atoms with Gasteiger partial charge in [0.2, 0.25) is 0 Å². The summed E-state index contributed by atoms with van der Waals surface area (Å²) in [4.78, 5) is 25.0. The average molecular weight is 336 g/mol. The van der Waals surface area contributed by atoms with Crippen molar-refractivity contribution >= 4 is 11.8 Å². The summed E-state index contributed by atoms with van der Waals surface area (Å²) in [5.41, 5.74) is 0.490. The Kier molecular flexibility index (Phi) is 7.88. The summed E-state index contributed by atoms with van der Waals surface area (Å²) in [6.07, 6.45) is 0. The number of hydrogen-bond acceptors (Lipinski definition) is 4. The summed E-state index contributed by atoms with van der Waals surface area (Å²) >= 11 is 0. The van der Waals surface area contributed by atoms with Crippen molar-refractivity contribution < 1.29 is 19.8 Å². The lowest BCUT2D eigenvalue weighted by Gasteiger charge is -2.22. The molecule has 134 valence electrons. The predicted octanol–water partition coefficient (Wildman–Crippen LogP) is 1.18. The topological polar surface area (TPSA) is 98.7 Å². The van der Waals surface area contributed by atoms with Crippen LogP contribution in [0.4, 0.5) is 0 Å². The van der Waals surface area contributed by atoms with E-state index >= 15 is 0 Å². The minimum absolute atomic E-state index is 0.0691. The second kappa shape index (κ2) is 9.39. The number of aliphatic hydroxyl groups excluding tert-OH is 2. The van der Waals surface area contributed by atoms with E-state index in [2.05, 4.69) is 10.6 Å². The van der Waals surface area contributed by atoms with Gasteiger partial charge in [-0.1, -0.05) is 39.8 Å². The van der Waals surface area contributed by atoms with Gasteiger partial charge in [0.15, 0.2) is 0 Å². The smallest absolute Gasteiger partial charge is 0.252 e. The van der Waals surface area contributed by atoms with Gasteiger partial charge in [-0.15, -0.1) is 0 Å². The van der Waals surface area contributed by atoms with E-state index in [1.165, 1.54) is 0 Å². The first kappa shape index (κ1) is 20.1. The molecule has 0 aromatic heterocycles. The molecule has 2 atom stereocenters. The Morgan fingerprint density at radius 2 is 1.17 bits per heavy atom. The quantitative estimate of drug-likeness (QED) is 0.573. The lowest BCUT2D eigenvalue weighted by Crippen LogP contribution is -2.43. The molecular weight excluding hydrogens is 308 g/mol. The molecule has 4 N–H and O–H groups in total. The van der Waals surface area contributed by atoms with Crippen molar-refractivity contribution in [2.45, 2.75) is 39.8 Å². The predicted molar refractivity (Wildman–Crippen MR) is 92.8 cm³/mol. The van der Waals surface area contributed by atoms with E-state index in [0.29, 0.717) is 0 Å². The zero-order chi connectivity index (χ0) is 18.3. The van der Waals surface area contributed by atoms with Crippen LogP contribution in [0.15, 0.2) is 24.3 Å². The van der Waals surface area contributed by atoms with Gasteiger partial charge in [0.05, 0.1) is 36.4 Å². The number of amides is 2. The summed E-state index contributed by atoms with van der Waals surface area (Å²) in [6, 6.07) is 5.75. The van der Waals surface area contributed by atoms with Gasteiger partial charge in [-0.3, -0.25) is 9.59 Å². The van der Waals surface area contributed by atoms with Crippen LogP contribution in [0, 0.1) is 11.8 Å². The highest BCUT2D eigenvalue weighted by atomic mass is 16.3. The molecule has 6 nitrogen and oxygen atoms in total. The van der Waals surface area contributed by atoms with Gasteiger partial charge in [-0.2, -0.15) is 0 Å². The maximum Gasteiger partial charge on any atom is 0.252 e. The molecule has 2 amide bonds. The second-order valence-corrected chi connectivity index (χ2v) is 6.56. The van der Waals surface area contributed by atoms with Crippen molar-refractivity contribution in [3.05, 3.63) is 35.4 Å². The molecule has 0 unspecified atom stereocenters. The highest BCUT2D eigenvalue weighted by Gasteiger charge is 2.23. The second-order valence-electron chi connectivity index (χ2n) is 6.56. The minimum Gasteiger partial charge on any atom is -0.394 e. The Hall–Kier alpha value is -1.92. The highest BCUT2D eigenvalue weighted by Crippen LogP contribution is 2.12. The summed E-state index contributed by atoms with van der Waals surface area (Å²) in [5, 5.41) is 24.2. The maximum atomic E-state index is 12.5. The number of carbonyl (C=O) groups is 2. The molecule has 0 fully saturated rings. The van der Waals surface area contributed by atoms with Gasteiger partial charge in [0.1, 0.15) is 0 Å². The van der Waals surface area contributed by atoms with Crippen LogP contribution in [0.25, 0.3) is 0 Å². The van der Waals surface area contributed by atoms with Crippen molar-refractivity contribution in [1.29, 1.82) is 0 Å². The summed E-state index contributed by atoms with van der Waals surface area (Å²) < 4.78 is 0. The number of benzene rings is 1. The molecule has 1 rings (SSSR count). The number of nitrogens with one attached hydrogen (secondary N) is 2. The number of hydrogen-bond donors (Lipinski definition) is 4. The Morgan fingerprint density at radius 1 is 0.833 bits per heavy atom. The van der Waals surface area contributed by atoms with Gasteiger partial charge >= 0.3 is 0 Å². The van der Waals surface area contributed by atoms with Crippen molar-refractivity contribution in [3.63, 3.8) is 0 Å². The first-order valence-corrected chi connectivity index (χ1v) is 8.24. The first-order valence-electron chi connectivity index (χ1n) is 8.24. The van der Waals surface area contributed by atoms with Gasteiger partial charge in [0.25, 0.3) is 11.8 Å². The summed E-state index contributed by atoms with van der Waals surface area (Å²) in [7, 11) is 0. The fourth-order valence-corrected chi connectivity index (χ4v) is 2.22. The molecular formula is C18H28N2O4. The molecule has 0 saturated carbocycles. The zero-order valence-electron chi connectivity index (χ0n) is 14.7. The first-order chi connectivity index (χ1) is 11.3. The van der Waals surface area contributed by atoms with Crippen molar-refractivity contribution in [1.82, 2.24) is 10.6 Å². The van der Waals surface area contributed by atoms with E-state index < -0.39 is 11.8 Å². The van der Waals surface area contributed by atoms with Crippen LogP contribution in [0.2, 0.25) is 0 Å². The number of aliphatic hydroxyl groups is 2. The van der Waals surface area contributed by atoms with E-state index in [0.717, 1.165) is 0 Å². The molecule has 24 heavy (non-hydrogen) atoms. The molecule has 0 bridgehead atoms. The Balaban J connectivity index is 2.99.